The number of ether oxygens (including phenoxy) is 3. The lowest BCUT2D eigenvalue weighted by molar-refractivity contribution is -0.162. The van der Waals surface area contributed by atoms with E-state index < -0.39 is 6.10 Å². The van der Waals surface area contributed by atoms with Crippen LogP contribution in [0.4, 0.5) is 0 Å². The van der Waals surface area contributed by atoms with Gasteiger partial charge >= 0.3 is 11.9 Å². The quantitative estimate of drug-likeness (QED) is 0.0356. The van der Waals surface area contributed by atoms with Crippen molar-refractivity contribution in [1.82, 2.24) is 0 Å². The predicted molar refractivity (Wildman–Crippen MR) is 251 cm³/mol. The molecule has 0 rings (SSSR count). The fourth-order valence-corrected chi connectivity index (χ4v) is 4.95. The Kier molecular flexibility index (Phi) is 43.3. The third-order valence-electron chi connectivity index (χ3n) is 8.09. The highest BCUT2D eigenvalue weighted by Crippen LogP contribution is 2.06. The largest absolute Gasteiger partial charge is 0.462 e. The molecule has 0 aliphatic heterocycles. The molecule has 0 aromatic carbocycles. The van der Waals surface area contributed by atoms with Crippen molar-refractivity contribution < 1.29 is 23.8 Å². The predicted octanol–water partition coefficient (Wildman–Crippen LogP) is 14.8. The van der Waals surface area contributed by atoms with Crippen molar-refractivity contribution in [1.29, 1.82) is 0 Å². The maximum Gasteiger partial charge on any atom is 0.306 e. The molecular formula is C53H78O5. The van der Waals surface area contributed by atoms with Crippen LogP contribution in [-0.4, -0.2) is 37.9 Å². The van der Waals surface area contributed by atoms with Crippen LogP contribution >= 0.6 is 0 Å². The molecule has 0 N–H and O–H groups in total. The molecule has 1 atom stereocenters. The van der Waals surface area contributed by atoms with Crippen molar-refractivity contribution >= 4 is 11.9 Å². The highest BCUT2D eigenvalue weighted by molar-refractivity contribution is 5.70. The summed E-state index contributed by atoms with van der Waals surface area (Å²) in [4.78, 5) is 25.2. The monoisotopic (exact) mass is 795 g/mol. The summed E-state index contributed by atoms with van der Waals surface area (Å²) in [6, 6.07) is 0. The van der Waals surface area contributed by atoms with Gasteiger partial charge < -0.3 is 14.2 Å². The third-order valence-corrected chi connectivity index (χ3v) is 8.09. The highest BCUT2D eigenvalue weighted by atomic mass is 16.6. The van der Waals surface area contributed by atoms with Gasteiger partial charge in [-0.1, -0.05) is 179 Å². The summed E-state index contributed by atoms with van der Waals surface area (Å²) in [6.45, 7) is 7.06. The molecule has 0 aliphatic carbocycles. The van der Waals surface area contributed by atoms with Gasteiger partial charge in [-0.25, -0.2) is 0 Å². The van der Waals surface area contributed by atoms with E-state index in [0.29, 0.717) is 19.4 Å². The molecule has 0 aliphatic rings. The van der Waals surface area contributed by atoms with Gasteiger partial charge in [0.15, 0.2) is 6.10 Å². The molecule has 5 nitrogen and oxygen atoms in total. The van der Waals surface area contributed by atoms with E-state index >= 15 is 0 Å². The van der Waals surface area contributed by atoms with Crippen LogP contribution in [0.15, 0.2) is 158 Å². The third kappa shape index (κ3) is 44.2. The van der Waals surface area contributed by atoms with E-state index in [9.17, 15) is 9.59 Å². The van der Waals surface area contributed by atoms with Crippen molar-refractivity contribution in [2.75, 3.05) is 19.8 Å². The van der Waals surface area contributed by atoms with Crippen LogP contribution in [0.2, 0.25) is 0 Å². The van der Waals surface area contributed by atoms with Crippen molar-refractivity contribution in [3.8, 4) is 0 Å². The second-order valence-electron chi connectivity index (χ2n) is 13.4. The molecular weight excluding hydrogens is 717 g/mol. The minimum Gasteiger partial charge on any atom is -0.462 e. The second-order valence-corrected chi connectivity index (χ2v) is 13.4. The Morgan fingerprint density at radius 2 is 0.655 bits per heavy atom. The summed E-state index contributed by atoms with van der Waals surface area (Å²) < 4.78 is 17.0. The molecule has 0 saturated carbocycles. The van der Waals surface area contributed by atoms with Crippen LogP contribution in [-0.2, 0) is 23.8 Å². The summed E-state index contributed by atoms with van der Waals surface area (Å²) in [5, 5.41) is 0. The molecule has 0 heterocycles. The van der Waals surface area contributed by atoms with Crippen molar-refractivity contribution in [3.63, 3.8) is 0 Å². The Morgan fingerprint density at radius 1 is 0.362 bits per heavy atom. The normalized spacial score (nSPS) is 13.8. The molecule has 0 bridgehead atoms. The van der Waals surface area contributed by atoms with Gasteiger partial charge in [0.1, 0.15) is 6.61 Å². The maximum absolute atomic E-state index is 12.7. The van der Waals surface area contributed by atoms with Crippen molar-refractivity contribution in [2.24, 2.45) is 0 Å². The first-order valence-corrected chi connectivity index (χ1v) is 22.0. The number of esters is 2. The van der Waals surface area contributed by atoms with Gasteiger partial charge in [-0.05, 0) is 103 Å². The van der Waals surface area contributed by atoms with Crippen LogP contribution in [0, 0.1) is 0 Å². The summed E-state index contributed by atoms with van der Waals surface area (Å²) in [6.07, 6.45) is 70.1. The van der Waals surface area contributed by atoms with E-state index in [4.69, 9.17) is 14.2 Å². The second kappa shape index (κ2) is 46.9. The van der Waals surface area contributed by atoms with E-state index in [1.165, 1.54) is 0 Å². The Labute approximate surface area is 354 Å². The zero-order valence-electron chi connectivity index (χ0n) is 36.5. The maximum atomic E-state index is 12.7. The van der Waals surface area contributed by atoms with E-state index in [1.54, 1.807) is 0 Å². The van der Waals surface area contributed by atoms with E-state index in [1.807, 2.05) is 12.2 Å². The number of carbonyl (C=O) groups excluding carboxylic acids is 2. The van der Waals surface area contributed by atoms with Gasteiger partial charge in [0, 0.05) is 12.8 Å². The van der Waals surface area contributed by atoms with Gasteiger partial charge in [0.25, 0.3) is 0 Å². The molecule has 0 saturated heterocycles. The smallest absolute Gasteiger partial charge is 0.306 e. The highest BCUT2D eigenvalue weighted by Gasteiger charge is 2.17. The first-order chi connectivity index (χ1) is 28.6. The van der Waals surface area contributed by atoms with E-state index in [0.717, 1.165) is 89.9 Å². The molecule has 1 unspecified atom stereocenters. The Morgan fingerprint density at radius 3 is 1.00 bits per heavy atom. The summed E-state index contributed by atoms with van der Waals surface area (Å²) in [7, 11) is 0. The average molecular weight is 795 g/mol. The van der Waals surface area contributed by atoms with Crippen molar-refractivity contribution in [2.45, 2.75) is 142 Å². The topological polar surface area (TPSA) is 61.8 Å². The Bertz CT molecular complexity index is 1360. The lowest BCUT2D eigenvalue weighted by atomic mass is 10.2. The van der Waals surface area contributed by atoms with Crippen molar-refractivity contribution in [3.05, 3.63) is 158 Å². The molecule has 0 aromatic heterocycles. The van der Waals surface area contributed by atoms with Crippen LogP contribution in [0.5, 0.6) is 0 Å². The number of hydrogen-bond donors (Lipinski definition) is 0. The summed E-state index contributed by atoms with van der Waals surface area (Å²) >= 11 is 0. The zero-order chi connectivity index (χ0) is 42.1. The first kappa shape index (κ1) is 53.5. The lowest BCUT2D eigenvalue weighted by Crippen LogP contribution is -2.30. The molecule has 0 fully saturated rings. The van der Waals surface area contributed by atoms with Gasteiger partial charge in [-0.3, -0.25) is 9.59 Å². The van der Waals surface area contributed by atoms with Crippen LogP contribution in [0.1, 0.15) is 136 Å². The van der Waals surface area contributed by atoms with E-state index in [2.05, 4.69) is 167 Å². The van der Waals surface area contributed by atoms with Gasteiger partial charge in [0.2, 0.25) is 0 Å². The minimum absolute atomic E-state index is 0.0234. The molecule has 58 heavy (non-hydrogen) atoms. The number of allylic oxidation sites excluding steroid dienone is 25. The Hall–Kier alpha value is -4.48. The molecule has 0 radical (unpaired) electrons. The summed E-state index contributed by atoms with van der Waals surface area (Å²) in [5.41, 5.74) is 0. The van der Waals surface area contributed by atoms with E-state index in [-0.39, 0.29) is 38.0 Å². The fraction of sp³-hybridized carbons (Fsp3) is 0.472. The number of rotatable bonds is 37. The molecule has 320 valence electrons. The Balaban J connectivity index is 4.63. The number of hydrogen-bond acceptors (Lipinski definition) is 5. The summed E-state index contributed by atoms with van der Waals surface area (Å²) in [5.74, 6) is -0.646. The van der Waals surface area contributed by atoms with Crippen LogP contribution in [0.25, 0.3) is 0 Å². The molecule has 0 amide bonds. The average Bonchev–Trinajstić information content (AvgIpc) is 3.22. The number of carbonyl (C=O) groups is 2. The molecule has 0 aromatic rings. The fourth-order valence-electron chi connectivity index (χ4n) is 4.95. The minimum atomic E-state index is -0.653. The van der Waals surface area contributed by atoms with Gasteiger partial charge in [0.05, 0.1) is 13.2 Å². The molecule has 0 spiro atoms. The van der Waals surface area contributed by atoms with Gasteiger partial charge in [-0.15, -0.1) is 0 Å². The standard InChI is InChI=1S/C53H78O5/c1-4-7-10-13-16-19-22-25-26-27-30-33-36-39-42-45-48-56-49-51(58-53(55)47-44-41-38-35-32-29-24-21-18-15-12-9-6-3)50-57-52(54)46-43-40-37-34-31-28-23-20-17-14-11-8-5-2/h7-12,16-21,25-26,28-33,37-42,51H,4-6,13-15,22-24,27,34-36,43-50H2,1-3H3/b10-7-,11-8-,12-9-,19-16-,20-17-,21-18-,26-25-,31-28-,32-29-,33-30-,40-37-,41-38-,42-39-. The zero-order valence-corrected chi connectivity index (χ0v) is 36.5. The lowest BCUT2D eigenvalue weighted by Gasteiger charge is -2.18. The first-order valence-electron chi connectivity index (χ1n) is 22.0. The van der Waals surface area contributed by atoms with Crippen LogP contribution in [0.3, 0.4) is 0 Å². The van der Waals surface area contributed by atoms with Gasteiger partial charge in [-0.2, -0.15) is 0 Å². The molecule has 5 heteroatoms. The SMILES string of the molecule is CC/C=C\C/C=C\C/C=C\C/C=C\C/C=C\CCOCC(COC(=O)CC/C=C\C/C=C\C/C=C\C/C=C\CC)OC(=O)CC/C=C\C/C=C\C/C=C\C/C=C\CC. The van der Waals surface area contributed by atoms with Crippen LogP contribution < -0.4 is 0 Å².